The Kier molecular flexibility index (Phi) is 7.97. The second-order valence-corrected chi connectivity index (χ2v) is 7.60. The second-order valence-electron chi connectivity index (χ2n) is 7.60. The number of anilines is 1. The van der Waals surface area contributed by atoms with Gasteiger partial charge in [-0.2, -0.15) is 0 Å². The first-order valence-electron chi connectivity index (χ1n) is 9.45. The molecule has 1 amide bonds. The molecule has 29 heavy (non-hydrogen) atoms. The summed E-state index contributed by atoms with van der Waals surface area (Å²) in [5, 5.41) is 20.1. The van der Waals surface area contributed by atoms with Crippen molar-refractivity contribution in [3.63, 3.8) is 0 Å². The number of rotatable bonds is 10. The maximum absolute atomic E-state index is 11.9. The van der Waals surface area contributed by atoms with Gasteiger partial charge in [0, 0.05) is 48.6 Å². The number of hydrogen-bond donors (Lipinski definition) is 3. The minimum absolute atomic E-state index is 0.0318. The zero-order valence-electron chi connectivity index (χ0n) is 17.0. The maximum Gasteiger partial charge on any atom is 0.269 e. The monoisotopic (exact) mass is 400 g/mol. The van der Waals surface area contributed by atoms with E-state index >= 15 is 0 Å². The SMILES string of the molecule is CC(C)(C)NC(=O)COc1ccccc1CNCCNc1ccc([N+](=O)[O-])cc1. The molecule has 0 aliphatic rings. The van der Waals surface area contributed by atoms with Crippen LogP contribution in [0.5, 0.6) is 5.75 Å². The van der Waals surface area contributed by atoms with E-state index in [2.05, 4.69) is 16.0 Å². The van der Waals surface area contributed by atoms with Gasteiger partial charge in [-0.3, -0.25) is 14.9 Å². The lowest BCUT2D eigenvalue weighted by Gasteiger charge is -2.20. The van der Waals surface area contributed by atoms with E-state index < -0.39 is 4.92 Å². The van der Waals surface area contributed by atoms with Crippen LogP contribution in [-0.4, -0.2) is 36.1 Å². The average Bonchev–Trinajstić information content (AvgIpc) is 2.66. The van der Waals surface area contributed by atoms with Gasteiger partial charge in [-0.15, -0.1) is 0 Å². The summed E-state index contributed by atoms with van der Waals surface area (Å²) in [6.45, 7) is 7.69. The summed E-state index contributed by atoms with van der Waals surface area (Å²) >= 11 is 0. The fourth-order valence-corrected chi connectivity index (χ4v) is 2.61. The van der Waals surface area contributed by atoms with Crippen LogP contribution in [-0.2, 0) is 11.3 Å². The quantitative estimate of drug-likeness (QED) is 0.322. The maximum atomic E-state index is 11.9. The van der Waals surface area contributed by atoms with Gasteiger partial charge in [0.05, 0.1) is 4.92 Å². The number of nitrogens with zero attached hydrogens (tertiary/aromatic N) is 1. The normalized spacial score (nSPS) is 11.0. The summed E-state index contributed by atoms with van der Waals surface area (Å²) in [5.41, 5.74) is 1.57. The molecule has 0 fully saturated rings. The lowest BCUT2D eigenvalue weighted by Crippen LogP contribution is -2.43. The van der Waals surface area contributed by atoms with Crippen LogP contribution in [0.2, 0.25) is 0 Å². The average molecular weight is 400 g/mol. The molecule has 0 aromatic heterocycles. The molecule has 0 bridgehead atoms. The van der Waals surface area contributed by atoms with Gasteiger partial charge in [0.25, 0.3) is 11.6 Å². The van der Waals surface area contributed by atoms with Crippen molar-refractivity contribution >= 4 is 17.3 Å². The van der Waals surface area contributed by atoms with Crippen molar-refractivity contribution in [2.24, 2.45) is 0 Å². The molecule has 2 aromatic rings. The number of carbonyl (C=O) groups is 1. The van der Waals surface area contributed by atoms with Crippen LogP contribution >= 0.6 is 0 Å². The zero-order chi connectivity index (χ0) is 21.3. The molecule has 2 rings (SSSR count). The van der Waals surface area contributed by atoms with Crippen molar-refractivity contribution in [1.82, 2.24) is 10.6 Å². The van der Waals surface area contributed by atoms with Gasteiger partial charge in [0.2, 0.25) is 0 Å². The third kappa shape index (κ3) is 8.18. The molecule has 156 valence electrons. The number of carbonyl (C=O) groups excluding carboxylic acids is 1. The molecule has 0 heterocycles. The molecule has 0 saturated heterocycles. The largest absolute Gasteiger partial charge is 0.483 e. The first-order chi connectivity index (χ1) is 13.7. The Balaban J connectivity index is 1.75. The van der Waals surface area contributed by atoms with Crippen molar-refractivity contribution in [1.29, 1.82) is 0 Å². The van der Waals surface area contributed by atoms with E-state index in [1.807, 2.05) is 45.0 Å². The number of nitro benzene ring substituents is 1. The highest BCUT2D eigenvalue weighted by Crippen LogP contribution is 2.18. The molecule has 0 aliphatic heterocycles. The van der Waals surface area contributed by atoms with Crippen LogP contribution in [0.3, 0.4) is 0 Å². The van der Waals surface area contributed by atoms with E-state index in [9.17, 15) is 14.9 Å². The second kappa shape index (κ2) is 10.4. The van der Waals surface area contributed by atoms with E-state index in [0.29, 0.717) is 25.4 Å². The van der Waals surface area contributed by atoms with E-state index in [1.165, 1.54) is 12.1 Å². The summed E-state index contributed by atoms with van der Waals surface area (Å²) in [7, 11) is 0. The molecular weight excluding hydrogens is 372 g/mol. The Hall–Kier alpha value is -3.13. The van der Waals surface area contributed by atoms with E-state index in [1.54, 1.807) is 12.1 Å². The van der Waals surface area contributed by atoms with Gasteiger partial charge >= 0.3 is 0 Å². The lowest BCUT2D eigenvalue weighted by atomic mass is 10.1. The first-order valence-corrected chi connectivity index (χ1v) is 9.45. The Bertz CT molecular complexity index is 816. The van der Waals surface area contributed by atoms with E-state index in [-0.39, 0.29) is 23.7 Å². The predicted molar refractivity (Wildman–Crippen MR) is 113 cm³/mol. The number of nitro groups is 1. The molecular formula is C21H28N4O4. The standard InChI is InChI=1S/C21H28N4O4/c1-21(2,3)24-20(26)15-29-19-7-5-4-6-16(19)14-22-12-13-23-17-8-10-18(11-9-17)25(27)28/h4-11,22-23H,12-15H2,1-3H3,(H,24,26). The number of para-hydroxylation sites is 1. The molecule has 0 unspecified atom stereocenters. The van der Waals surface area contributed by atoms with Crippen LogP contribution in [0.15, 0.2) is 48.5 Å². The van der Waals surface area contributed by atoms with Crippen LogP contribution < -0.4 is 20.7 Å². The predicted octanol–water partition coefficient (Wildman–Crippen LogP) is 3.09. The van der Waals surface area contributed by atoms with Crippen molar-refractivity contribution in [2.45, 2.75) is 32.9 Å². The number of benzene rings is 2. The summed E-state index contributed by atoms with van der Waals surface area (Å²) in [6.07, 6.45) is 0. The molecule has 0 radical (unpaired) electrons. The number of non-ortho nitro benzene ring substituents is 1. The smallest absolute Gasteiger partial charge is 0.269 e. The first kappa shape index (κ1) is 22.2. The molecule has 0 saturated carbocycles. The van der Waals surface area contributed by atoms with Gasteiger partial charge < -0.3 is 20.7 Å². The van der Waals surface area contributed by atoms with Crippen LogP contribution in [0.1, 0.15) is 26.3 Å². The highest BCUT2D eigenvalue weighted by molar-refractivity contribution is 5.78. The molecule has 0 aliphatic carbocycles. The van der Waals surface area contributed by atoms with Crippen molar-refractivity contribution in [3.05, 3.63) is 64.2 Å². The van der Waals surface area contributed by atoms with Gasteiger partial charge in [0.1, 0.15) is 5.75 Å². The molecule has 0 spiro atoms. The third-order valence-electron chi connectivity index (χ3n) is 3.87. The molecule has 8 nitrogen and oxygen atoms in total. The number of hydrogen-bond acceptors (Lipinski definition) is 6. The third-order valence-corrected chi connectivity index (χ3v) is 3.87. The van der Waals surface area contributed by atoms with Gasteiger partial charge in [-0.1, -0.05) is 18.2 Å². The summed E-state index contributed by atoms with van der Waals surface area (Å²) in [5.74, 6) is 0.514. The highest BCUT2D eigenvalue weighted by Gasteiger charge is 2.14. The zero-order valence-corrected chi connectivity index (χ0v) is 17.0. The number of ether oxygens (including phenoxy) is 1. The highest BCUT2D eigenvalue weighted by atomic mass is 16.6. The minimum Gasteiger partial charge on any atom is -0.483 e. The Morgan fingerprint density at radius 3 is 2.41 bits per heavy atom. The topological polar surface area (TPSA) is 106 Å². The molecule has 3 N–H and O–H groups in total. The fourth-order valence-electron chi connectivity index (χ4n) is 2.61. The van der Waals surface area contributed by atoms with Crippen molar-refractivity contribution < 1.29 is 14.5 Å². The number of nitrogens with one attached hydrogen (secondary N) is 3. The van der Waals surface area contributed by atoms with Crippen LogP contribution in [0.25, 0.3) is 0 Å². The van der Waals surface area contributed by atoms with Gasteiger partial charge in [0.15, 0.2) is 6.61 Å². The van der Waals surface area contributed by atoms with Gasteiger partial charge in [-0.25, -0.2) is 0 Å². The van der Waals surface area contributed by atoms with Gasteiger partial charge in [-0.05, 0) is 39.0 Å². The Labute approximate surface area is 170 Å². The van der Waals surface area contributed by atoms with Crippen LogP contribution in [0, 0.1) is 10.1 Å². The van der Waals surface area contributed by atoms with E-state index in [0.717, 1.165) is 11.3 Å². The van der Waals surface area contributed by atoms with E-state index in [4.69, 9.17) is 4.74 Å². The van der Waals surface area contributed by atoms with Crippen molar-refractivity contribution in [3.8, 4) is 5.75 Å². The van der Waals surface area contributed by atoms with Crippen molar-refractivity contribution in [2.75, 3.05) is 25.0 Å². The Morgan fingerprint density at radius 2 is 1.76 bits per heavy atom. The summed E-state index contributed by atoms with van der Waals surface area (Å²) in [4.78, 5) is 22.2. The molecule has 2 aromatic carbocycles. The summed E-state index contributed by atoms with van der Waals surface area (Å²) in [6, 6.07) is 13.9. The van der Waals surface area contributed by atoms with Crippen LogP contribution in [0.4, 0.5) is 11.4 Å². The number of amides is 1. The Morgan fingerprint density at radius 1 is 1.07 bits per heavy atom. The summed E-state index contributed by atoms with van der Waals surface area (Å²) < 4.78 is 5.68. The molecule has 8 heteroatoms. The minimum atomic E-state index is -0.419. The molecule has 0 atom stereocenters. The fraction of sp³-hybridized carbons (Fsp3) is 0.381. The lowest BCUT2D eigenvalue weighted by molar-refractivity contribution is -0.384.